The first-order valence-corrected chi connectivity index (χ1v) is 9.83. The molecular formula is C19H38N4O3. The smallest absolute Gasteiger partial charge is 0.408 e. The van der Waals surface area contributed by atoms with Gasteiger partial charge in [0.1, 0.15) is 5.60 Å². The van der Waals surface area contributed by atoms with E-state index in [-0.39, 0.29) is 0 Å². The van der Waals surface area contributed by atoms with Gasteiger partial charge in [0, 0.05) is 13.1 Å². The lowest BCUT2D eigenvalue weighted by atomic mass is 9.80. The Morgan fingerprint density at radius 3 is 2.19 bits per heavy atom. The first kappa shape index (κ1) is 22.5. The van der Waals surface area contributed by atoms with Crippen molar-refractivity contribution >= 4 is 12.1 Å². The molecule has 1 saturated carbocycles. The third-order valence-electron chi connectivity index (χ3n) is 4.87. The number of hydrogen-bond acceptors (Lipinski definition) is 4. The van der Waals surface area contributed by atoms with Gasteiger partial charge in [-0.25, -0.2) is 4.79 Å². The van der Waals surface area contributed by atoms with E-state index in [0.29, 0.717) is 19.0 Å². The topological polar surface area (TPSA) is 95.0 Å². The predicted octanol–water partition coefficient (Wildman–Crippen LogP) is 2.54. The Balaban J connectivity index is 2.73. The minimum absolute atomic E-state index is 0.418. The van der Waals surface area contributed by atoms with Crippen molar-refractivity contribution < 1.29 is 14.6 Å². The molecule has 4 N–H and O–H groups in total. The van der Waals surface area contributed by atoms with Crippen LogP contribution in [-0.4, -0.2) is 53.5 Å². The number of carbonyl (C=O) groups is 1. The van der Waals surface area contributed by atoms with Crippen molar-refractivity contribution in [3.05, 3.63) is 0 Å². The first-order chi connectivity index (χ1) is 12.1. The lowest BCUT2D eigenvalue weighted by Gasteiger charge is -2.37. The number of aliphatic hydroxyl groups is 1. The van der Waals surface area contributed by atoms with Crippen LogP contribution < -0.4 is 16.0 Å². The van der Waals surface area contributed by atoms with Crippen LogP contribution in [0.1, 0.15) is 73.6 Å². The Hall–Kier alpha value is -1.50. The van der Waals surface area contributed by atoms with E-state index < -0.39 is 22.8 Å². The number of nitrogens with zero attached hydrogens (tertiary/aromatic N) is 1. The van der Waals surface area contributed by atoms with Crippen LogP contribution in [0.4, 0.5) is 4.79 Å². The Morgan fingerprint density at radius 1 is 1.15 bits per heavy atom. The molecule has 1 rings (SSSR count). The van der Waals surface area contributed by atoms with Gasteiger partial charge >= 0.3 is 6.09 Å². The van der Waals surface area contributed by atoms with Crippen molar-refractivity contribution in [3.8, 4) is 0 Å². The Kier molecular flexibility index (Phi) is 8.18. The molecule has 0 aromatic carbocycles. The van der Waals surface area contributed by atoms with Gasteiger partial charge in [-0.1, -0.05) is 13.8 Å². The predicted molar refractivity (Wildman–Crippen MR) is 105 cm³/mol. The molecule has 0 unspecified atom stereocenters. The van der Waals surface area contributed by atoms with Crippen LogP contribution in [-0.2, 0) is 4.74 Å². The molecular weight excluding hydrogens is 332 g/mol. The molecule has 7 heteroatoms. The lowest BCUT2D eigenvalue weighted by Crippen LogP contribution is -2.53. The summed E-state index contributed by atoms with van der Waals surface area (Å²) in [5.74, 6) is 0.657. The lowest BCUT2D eigenvalue weighted by molar-refractivity contribution is -0.0279. The van der Waals surface area contributed by atoms with Crippen molar-refractivity contribution in [2.75, 3.05) is 19.6 Å². The monoisotopic (exact) mass is 370 g/mol. The van der Waals surface area contributed by atoms with Crippen molar-refractivity contribution in [2.24, 2.45) is 4.99 Å². The highest BCUT2D eigenvalue weighted by molar-refractivity contribution is 5.80. The maximum atomic E-state index is 12.2. The molecule has 152 valence electrons. The molecule has 0 aromatic heterocycles. The van der Waals surface area contributed by atoms with Crippen LogP contribution in [0.5, 0.6) is 0 Å². The summed E-state index contributed by atoms with van der Waals surface area (Å²) in [5, 5.41) is 19.7. The van der Waals surface area contributed by atoms with Crippen molar-refractivity contribution in [1.82, 2.24) is 16.0 Å². The maximum absolute atomic E-state index is 12.2. The molecule has 0 saturated heterocycles. The van der Waals surface area contributed by atoms with Crippen LogP contribution in [0.3, 0.4) is 0 Å². The number of amides is 1. The van der Waals surface area contributed by atoms with E-state index in [0.717, 1.165) is 38.6 Å². The van der Waals surface area contributed by atoms with Gasteiger partial charge in [-0.15, -0.1) is 0 Å². The zero-order chi connectivity index (χ0) is 19.8. The van der Waals surface area contributed by atoms with Crippen molar-refractivity contribution in [2.45, 2.75) is 90.4 Å². The summed E-state index contributed by atoms with van der Waals surface area (Å²) in [5.41, 5.74) is -1.61. The number of aliphatic imine (C=N–C) groups is 1. The quantitative estimate of drug-likeness (QED) is 0.389. The van der Waals surface area contributed by atoms with Gasteiger partial charge < -0.3 is 25.8 Å². The minimum atomic E-state index is -0.614. The highest BCUT2D eigenvalue weighted by Gasteiger charge is 2.34. The molecule has 1 aliphatic rings. The van der Waals surface area contributed by atoms with Gasteiger partial charge in [-0.3, -0.25) is 4.99 Å². The third-order valence-corrected chi connectivity index (χ3v) is 4.87. The highest BCUT2D eigenvalue weighted by atomic mass is 16.6. The number of rotatable bonds is 8. The maximum Gasteiger partial charge on any atom is 0.408 e. The van der Waals surface area contributed by atoms with E-state index in [1.165, 1.54) is 0 Å². The summed E-state index contributed by atoms with van der Waals surface area (Å²) in [6, 6.07) is 0. The number of alkyl carbamates (subject to hydrolysis) is 1. The Morgan fingerprint density at radius 2 is 1.77 bits per heavy atom. The van der Waals surface area contributed by atoms with Crippen molar-refractivity contribution in [3.63, 3.8) is 0 Å². The fraction of sp³-hybridized carbons (Fsp3) is 0.895. The number of carbonyl (C=O) groups excluding carboxylic acids is 1. The molecule has 1 aliphatic carbocycles. The summed E-state index contributed by atoms with van der Waals surface area (Å²) in [6.07, 6.45) is 3.80. The Bertz CT molecular complexity index is 478. The van der Waals surface area contributed by atoms with Gasteiger partial charge in [-0.05, 0) is 59.8 Å². The molecule has 0 aliphatic heterocycles. The fourth-order valence-corrected chi connectivity index (χ4v) is 2.79. The summed E-state index contributed by atoms with van der Waals surface area (Å²) < 4.78 is 5.40. The minimum Gasteiger partial charge on any atom is -0.444 e. The SMILES string of the molecule is CCNC(=NCC(CC)(CC)NC(=O)OC(C)(C)C)NCC1(O)CCC1. The summed E-state index contributed by atoms with van der Waals surface area (Å²) in [6.45, 7) is 13.3. The van der Waals surface area contributed by atoms with Crippen LogP contribution >= 0.6 is 0 Å². The third kappa shape index (κ3) is 7.40. The first-order valence-electron chi connectivity index (χ1n) is 9.83. The number of guanidine groups is 1. The summed E-state index contributed by atoms with van der Waals surface area (Å²) >= 11 is 0. The summed E-state index contributed by atoms with van der Waals surface area (Å²) in [4.78, 5) is 16.9. The molecule has 1 amide bonds. The summed E-state index contributed by atoms with van der Waals surface area (Å²) in [7, 11) is 0. The molecule has 0 radical (unpaired) electrons. The molecule has 26 heavy (non-hydrogen) atoms. The van der Waals surface area contributed by atoms with Gasteiger partial charge in [0.2, 0.25) is 0 Å². The zero-order valence-corrected chi connectivity index (χ0v) is 17.4. The fourth-order valence-electron chi connectivity index (χ4n) is 2.79. The Labute approximate surface area is 158 Å². The molecule has 7 nitrogen and oxygen atoms in total. The van der Waals surface area contributed by atoms with Gasteiger partial charge in [-0.2, -0.15) is 0 Å². The van der Waals surface area contributed by atoms with Gasteiger partial charge in [0.25, 0.3) is 0 Å². The molecule has 0 heterocycles. The van der Waals surface area contributed by atoms with E-state index in [2.05, 4.69) is 20.9 Å². The number of ether oxygens (including phenoxy) is 1. The molecule has 1 fully saturated rings. The average molecular weight is 371 g/mol. The second kappa shape index (κ2) is 9.44. The van der Waals surface area contributed by atoms with Crippen LogP contribution in [0.2, 0.25) is 0 Å². The number of hydrogen-bond donors (Lipinski definition) is 4. The molecule has 0 bridgehead atoms. The van der Waals surface area contributed by atoms with Crippen LogP contribution in [0.15, 0.2) is 4.99 Å². The van der Waals surface area contributed by atoms with Gasteiger partial charge in [0.05, 0.1) is 17.7 Å². The van der Waals surface area contributed by atoms with E-state index >= 15 is 0 Å². The number of nitrogens with one attached hydrogen (secondary N) is 3. The van der Waals surface area contributed by atoms with Crippen LogP contribution in [0.25, 0.3) is 0 Å². The second-order valence-corrected chi connectivity index (χ2v) is 8.24. The highest BCUT2D eigenvalue weighted by Crippen LogP contribution is 2.30. The van der Waals surface area contributed by atoms with Crippen LogP contribution in [0, 0.1) is 0 Å². The van der Waals surface area contributed by atoms with Crippen molar-refractivity contribution in [1.29, 1.82) is 0 Å². The van der Waals surface area contributed by atoms with E-state index in [1.54, 1.807) is 0 Å². The largest absolute Gasteiger partial charge is 0.444 e. The zero-order valence-electron chi connectivity index (χ0n) is 17.4. The van der Waals surface area contributed by atoms with E-state index in [4.69, 9.17) is 4.74 Å². The average Bonchev–Trinajstić information content (AvgIpc) is 2.52. The second-order valence-electron chi connectivity index (χ2n) is 8.24. The van der Waals surface area contributed by atoms with E-state index in [9.17, 15) is 9.90 Å². The molecule has 0 atom stereocenters. The standard InChI is InChI=1S/C19H38N4O3/c1-7-18(8-2,23-16(24)26-17(4,5)6)13-21-15(20-9-3)22-14-19(25)11-10-12-19/h25H,7-14H2,1-6H3,(H,23,24)(H2,20,21,22). The normalized spacial score (nSPS) is 17.3. The molecule has 0 spiro atoms. The van der Waals surface area contributed by atoms with E-state index in [1.807, 2.05) is 41.5 Å². The van der Waals surface area contributed by atoms with Gasteiger partial charge in [0.15, 0.2) is 5.96 Å². The molecule has 0 aromatic rings.